The van der Waals surface area contributed by atoms with Crippen LogP contribution in [0, 0.1) is 5.82 Å². The molecule has 104 valence electrons. The first-order chi connectivity index (χ1) is 9.70. The second kappa shape index (κ2) is 6.76. The Balaban J connectivity index is 2.08. The first-order valence-electron chi connectivity index (χ1n) is 5.87. The van der Waals surface area contributed by atoms with E-state index >= 15 is 0 Å². The van der Waals surface area contributed by atoms with Crippen molar-refractivity contribution in [2.24, 2.45) is 0 Å². The highest BCUT2D eigenvalue weighted by Gasteiger charge is 2.15. The quantitative estimate of drug-likeness (QED) is 0.862. The molecule has 0 spiro atoms. The van der Waals surface area contributed by atoms with Crippen molar-refractivity contribution in [3.05, 3.63) is 53.8 Å². The lowest BCUT2D eigenvalue weighted by molar-refractivity contribution is 0.214. The average molecular weight is 292 g/mol. The molecule has 0 unspecified atom stereocenters. The van der Waals surface area contributed by atoms with E-state index < -0.39 is 0 Å². The average Bonchev–Trinajstić information content (AvgIpc) is 2.93. The van der Waals surface area contributed by atoms with Gasteiger partial charge in [-0.1, -0.05) is 35.6 Å². The molecule has 20 heavy (non-hydrogen) atoms. The zero-order valence-corrected chi connectivity index (χ0v) is 11.4. The predicted molar refractivity (Wildman–Crippen MR) is 75.9 cm³/mol. The molecule has 0 atom stereocenters. The molecule has 0 fully saturated rings. The molecule has 0 radical (unpaired) electrons. The Morgan fingerprint density at radius 2 is 2.30 bits per heavy atom. The van der Waals surface area contributed by atoms with Crippen LogP contribution in [-0.4, -0.2) is 27.7 Å². The van der Waals surface area contributed by atoms with E-state index in [1.54, 1.807) is 24.3 Å². The van der Waals surface area contributed by atoms with Gasteiger partial charge in [-0.25, -0.2) is 9.18 Å². The van der Waals surface area contributed by atoms with Crippen LogP contribution in [0.1, 0.15) is 5.56 Å². The number of anilines is 1. The Labute approximate surface area is 119 Å². The number of carbonyl (C=O) groups is 1. The van der Waals surface area contributed by atoms with Gasteiger partial charge in [0, 0.05) is 12.1 Å². The van der Waals surface area contributed by atoms with Crippen LogP contribution in [0.25, 0.3) is 0 Å². The number of hydrogen-bond donors (Lipinski definition) is 1. The van der Waals surface area contributed by atoms with Crippen LogP contribution in [0.5, 0.6) is 0 Å². The number of halogens is 1. The first kappa shape index (κ1) is 14.1. The van der Waals surface area contributed by atoms with Crippen LogP contribution in [0.4, 0.5) is 14.3 Å². The summed E-state index contributed by atoms with van der Waals surface area (Å²) < 4.78 is 13.6. The molecule has 1 N–H and O–H groups in total. The number of aromatic nitrogens is 2. The lowest BCUT2D eigenvalue weighted by Gasteiger charge is -2.21. The van der Waals surface area contributed by atoms with Crippen LogP contribution in [-0.2, 0) is 6.54 Å². The van der Waals surface area contributed by atoms with E-state index in [4.69, 9.17) is 0 Å². The smallest absolute Gasteiger partial charge is 0.316 e. The van der Waals surface area contributed by atoms with Crippen LogP contribution >= 0.6 is 11.3 Å². The van der Waals surface area contributed by atoms with E-state index in [0.717, 1.165) is 0 Å². The Bertz CT molecular complexity index is 588. The zero-order valence-electron chi connectivity index (χ0n) is 10.6. The summed E-state index contributed by atoms with van der Waals surface area (Å²) in [6.45, 7) is 4.06. The summed E-state index contributed by atoms with van der Waals surface area (Å²) in [4.78, 5) is 13.5. The second-order valence-corrected chi connectivity index (χ2v) is 4.77. The molecular formula is C13H13FN4OS. The Morgan fingerprint density at radius 3 is 2.95 bits per heavy atom. The third kappa shape index (κ3) is 3.61. The first-order valence-corrected chi connectivity index (χ1v) is 6.75. The fourth-order valence-electron chi connectivity index (χ4n) is 1.61. The van der Waals surface area contributed by atoms with E-state index in [2.05, 4.69) is 22.1 Å². The molecule has 0 aliphatic heterocycles. The topological polar surface area (TPSA) is 58.1 Å². The number of nitrogens with one attached hydrogen (secondary N) is 1. The summed E-state index contributed by atoms with van der Waals surface area (Å²) >= 11 is 1.22. The van der Waals surface area contributed by atoms with Gasteiger partial charge in [0.05, 0.1) is 6.54 Å². The molecule has 0 saturated heterocycles. The fraction of sp³-hybridized carbons (Fsp3) is 0.154. The van der Waals surface area contributed by atoms with E-state index in [9.17, 15) is 9.18 Å². The van der Waals surface area contributed by atoms with E-state index in [0.29, 0.717) is 17.2 Å². The maximum atomic E-state index is 13.6. The number of rotatable bonds is 5. The molecule has 1 aromatic carbocycles. The molecule has 0 saturated carbocycles. The molecule has 0 aliphatic rings. The molecule has 7 heteroatoms. The monoisotopic (exact) mass is 292 g/mol. The molecule has 5 nitrogen and oxygen atoms in total. The molecular weight excluding hydrogens is 279 g/mol. The molecule has 1 aromatic heterocycles. The van der Waals surface area contributed by atoms with Crippen LogP contribution in [0.3, 0.4) is 0 Å². The van der Waals surface area contributed by atoms with Crippen molar-refractivity contribution in [2.75, 3.05) is 11.9 Å². The van der Waals surface area contributed by atoms with E-state index in [1.807, 2.05) is 0 Å². The normalized spacial score (nSPS) is 10.1. The van der Waals surface area contributed by atoms with Gasteiger partial charge in [0.1, 0.15) is 11.3 Å². The van der Waals surface area contributed by atoms with Crippen molar-refractivity contribution in [1.29, 1.82) is 0 Å². The van der Waals surface area contributed by atoms with Gasteiger partial charge in [0.25, 0.3) is 0 Å². The number of amides is 2. The van der Waals surface area contributed by atoms with E-state index in [-0.39, 0.29) is 18.4 Å². The largest absolute Gasteiger partial charge is 0.324 e. The third-order valence-corrected chi connectivity index (χ3v) is 3.14. The molecule has 2 rings (SSSR count). The molecule has 0 aliphatic carbocycles. The standard InChI is InChI=1S/C13H13FN4OS/c1-2-7-18(8-10-5-3-4-6-11(10)14)13(19)16-12-17-15-9-20-12/h2-6,9H,1,7-8H2,(H,16,17,19). The number of urea groups is 1. The number of carbonyl (C=O) groups excluding carboxylic acids is 1. The van der Waals surface area contributed by atoms with Gasteiger partial charge in [-0.05, 0) is 6.07 Å². The third-order valence-electron chi connectivity index (χ3n) is 2.53. The Morgan fingerprint density at radius 1 is 1.50 bits per heavy atom. The van der Waals surface area contributed by atoms with Crippen molar-refractivity contribution in [3.63, 3.8) is 0 Å². The van der Waals surface area contributed by atoms with Crippen molar-refractivity contribution >= 4 is 22.5 Å². The maximum Gasteiger partial charge on any atom is 0.324 e. The summed E-state index contributed by atoms with van der Waals surface area (Å²) in [5.74, 6) is -0.342. The molecule has 2 amide bonds. The van der Waals surface area contributed by atoms with Crippen LogP contribution < -0.4 is 5.32 Å². The van der Waals surface area contributed by atoms with Gasteiger partial charge in [-0.3, -0.25) is 5.32 Å². The summed E-state index contributed by atoms with van der Waals surface area (Å²) in [7, 11) is 0. The molecule has 1 heterocycles. The van der Waals surface area contributed by atoms with Crippen molar-refractivity contribution < 1.29 is 9.18 Å². The number of nitrogens with zero attached hydrogens (tertiary/aromatic N) is 3. The zero-order chi connectivity index (χ0) is 14.4. The minimum absolute atomic E-state index is 0.156. The minimum Gasteiger partial charge on any atom is -0.316 e. The summed E-state index contributed by atoms with van der Waals surface area (Å²) in [5.41, 5.74) is 1.96. The van der Waals surface area contributed by atoms with Crippen molar-refractivity contribution in [2.45, 2.75) is 6.54 Å². The number of benzene rings is 1. The predicted octanol–water partition coefficient (Wildman–Crippen LogP) is 2.90. The summed E-state index contributed by atoms with van der Waals surface area (Å²) in [6, 6.07) is 5.98. The van der Waals surface area contributed by atoms with Gasteiger partial charge in [-0.15, -0.1) is 16.8 Å². The highest BCUT2D eigenvalue weighted by Crippen LogP contribution is 2.13. The highest BCUT2D eigenvalue weighted by atomic mass is 32.1. The second-order valence-electron chi connectivity index (χ2n) is 3.93. The summed E-state index contributed by atoms with van der Waals surface area (Å²) in [6.07, 6.45) is 1.58. The highest BCUT2D eigenvalue weighted by molar-refractivity contribution is 7.13. The lowest BCUT2D eigenvalue weighted by atomic mass is 10.2. The Hall–Kier alpha value is -2.28. The summed E-state index contributed by atoms with van der Waals surface area (Å²) in [5, 5.41) is 10.4. The maximum absolute atomic E-state index is 13.6. The van der Waals surface area contributed by atoms with Gasteiger partial charge in [0.15, 0.2) is 0 Å². The van der Waals surface area contributed by atoms with Crippen molar-refractivity contribution in [3.8, 4) is 0 Å². The van der Waals surface area contributed by atoms with Gasteiger partial charge in [0.2, 0.25) is 5.13 Å². The Kier molecular flexibility index (Phi) is 4.78. The number of hydrogen-bond acceptors (Lipinski definition) is 4. The van der Waals surface area contributed by atoms with E-state index in [1.165, 1.54) is 27.8 Å². The van der Waals surface area contributed by atoms with Crippen molar-refractivity contribution in [1.82, 2.24) is 15.1 Å². The molecule has 2 aromatic rings. The fourth-order valence-corrected chi connectivity index (χ4v) is 2.04. The van der Waals surface area contributed by atoms with Gasteiger partial charge >= 0.3 is 6.03 Å². The lowest BCUT2D eigenvalue weighted by Crippen LogP contribution is -2.34. The minimum atomic E-state index is -0.370. The molecule has 0 bridgehead atoms. The van der Waals surface area contributed by atoms with Crippen LogP contribution in [0.2, 0.25) is 0 Å². The van der Waals surface area contributed by atoms with Gasteiger partial charge in [-0.2, -0.15) is 0 Å². The SMILES string of the molecule is C=CCN(Cc1ccccc1F)C(=O)Nc1nncs1. The van der Waals surface area contributed by atoms with Gasteiger partial charge < -0.3 is 4.90 Å². The van der Waals surface area contributed by atoms with Crippen LogP contribution in [0.15, 0.2) is 42.4 Å².